The van der Waals surface area contributed by atoms with Crippen LogP contribution in [0.5, 0.6) is 0 Å². The van der Waals surface area contributed by atoms with E-state index in [0.717, 1.165) is 11.3 Å². The van der Waals surface area contributed by atoms with E-state index in [0.29, 0.717) is 5.82 Å². The third-order valence-electron chi connectivity index (χ3n) is 1.42. The van der Waals surface area contributed by atoms with Crippen LogP contribution in [0.1, 0.15) is 12.6 Å². The summed E-state index contributed by atoms with van der Waals surface area (Å²) in [5, 5.41) is 4.16. The molecule has 1 aromatic rings. The number of nitrogens with zero attached hydrogens (tertiary/aromatic N) is 3. The van der Waals surface area contributed by atoms with Gasteiger partial charge in [-0.2, -0.15) is 5.10 Å². The summed E-state index contributed by atoms with van der Waals surface area (Å²) < 4.78 is 1.63. The van der Waals surface area contributed by atoms with Crippen molar-refractivity contribution < 1.29 is 0 Å². The summed E-state index contributed by atoms with van der Waals surface area (Å²) in [6.07, 6.45) is 3.49. The normalized spacial score (nSPS) is 10.6. The van der Waals surface area contributed by atoms with Crippen molar-refractivity contribution in [3.63, 3.8) is 0 Å². The van der Waals surface area contributed by atoms with E-state index in [2.05, 4.69) is 23.2 Å². The molecule has 0 bridgehead atoms. The highest BCUT2D eigenvalue weighted by molar-refractivity contribution is 5.80. The molecule has 1 heterocycles. The molecule has 0 aromatic carbocycles. The molecule has 0 radical (unpaired) electrons. The van der Waals surface area contributed by atoms with Crippen LogP contribution in [-0.4, -0.2) is 16.0 Å². The second-order valence-electron chi connectivity index (χ2n) is 2.92. The third kappa shape index (κ3) is 2.71. The van der Waals surface area contributed by atoms with Gasteiger partial charge in [-0.15, -0.1) is 0 Å². The second-order valence-corrected chi connectivity index (χ2v) is 2.92. The van der Waals surface area contributed by atoms with E-state index in [1.807, 2.05) is 26.1 Å². The molecule has 1 rings (SSSR count). The molecule has 0 amide bonds. The zero-order valence-electron chi connectivity index (χ0n) is 7.99. The van der Waals surface area contributed by atoms with Crippen molar-refractivity contribution in [3.8, 4) is 0 Å². The second kappa shape index (κ2) is 3.85. The Morgan fingerprint density at radius 3 is 2.77 bits per heavy atom. The molecular formula is C10H13N3. The average Bonchev–Trinajstić information content (AvgIpc) is 2.47. The van der Waals surface area contributed by atoms with Gasteiger partial charge in [-0.05, 0) is 25.5 Å². The summed E-state index contributed by atoms with van der Waals surface area (Å²) in [7, 11) is 0. The van der Waals surface area contributed by atoms with Gasteiger partial charge in [0, 0.05) is 12.4 Å². The standard InChI is InChI=1S/C10H13N3/c1-8(2)7-11-10(4)13-6-5-9(3)12-13/h5-7H,1,4H2,2-3H3/b11-7-. The van der Waals surface area contributed by atoms with Crippen LogP contribution in [0.15, 0.2) is 36.0 Å². The van der Waals surface area contributed by atoms with Gasteiger partial charge in [-0.25, -0.2) is 9.67 Å². The van der Waals surface area contributed by atoms with Crippen molar-refractivity contribution in [2.75, 3.05) is 0 Å². The zero-order chi connectivity index (χ0) is 9.84. The number of allylic oxidation sites excluding steroid dienone is 1. The van der Waals surface area contributed by atoms with Crippen molar-refractivity contribution in [2.24, 2.45) is 4.99 Å². The summed E-state index contributed by atoms with van der Waals surface area (Å²) in [5.41, 5.74) is 1.84. The minimum absolute atomic E-state index is 0.594. The number of hydrogen-bond donors (Lipinski definition) is 0. The summed E-state index contributed by atoms with van der Waals surface area (Å²) in [6.45, 7) is 11.3. The summed E-state index contributed by atoms with van der Waals surface area (Å²) in [4.78, 5) is 4.09. The van der Waals surface area contributed by atoms with Crippen LogP contribution in [0.4, 0.5) is 0 Å². The Morgan fingerprint density at radius 2 is 2.31 bits per heavy atom. The lowest BCUT2D eigenvalue weighted by Gasteiger charge is -1.97. The lowest BCUT2D eigenvalue weighted by atomic mass is 10.4. The van der Waals surface area contributed by atoms with Crippen LogP contribution in [0.2, 0.25) is 0 Å². The van der Waals surface area contributed by atoms with Gasteiger partial charge >= 0.3 is 0 Å². The van der Waals surface area contributed by atoms with E-state index < -0.39 is 0 Å². The maximum absolute atomic E-state index is 4.16. The smallest absolute Gasteiger partial charge is 0.146 e. The SMILES string of the molecule is C=C(C)/C=N\C(=C)n1ccc(C)n1. The molecule has 0 saturated carbocycles. The number of aryl methyl sites for hydroxylation is 1. The topological polar surface area (TPSA) is 30.2 Å². The van der Waals surface area contributed by atoms with E-state index in [9.17, 15) is 0 Å². The van der Waals surface area contributed by atoms with Crippen molar-refractivity contribution in [2.45, 2.75) is 13.8 Å². The van der Waals surface area contributed by atoms with E-state index >= 15 is 0 Å². The fraction of sp³-hybridized carbons (Fsp3) is 0.200. The maximum atomic E-state index is 4.16. The molecular weight excluding hydrogens is 162 g/mol. The fourth-order valence-corrected chi connectivity index (χ4v) is 0.803. The minimum atomic E-state index is 0.594. The van der Waals surface area contributed by atoms with Crippen LogP contribution < -0.4 is 0 Å². The molecule has 1 aromatic heterocycles. The highest BCUT2D eigenvalue weighted by Gasteiger charge is 1.95. The van der Waals surface area contributed by atoms with E-state index in [1.54, 1.807) is 10.9 Å². The average molecular weight is 175 g/mol. The van der Waals surface area contributed by atoms with Gasteiger partial charge in [0.25, 0.3) is 0 Å². The predicted octanol–water partition coefficient (Wildman–Crippen LogP) is 2.27. The molecule has 3 nitrogen and oxygen atoms in total. The van der Waals surface area contributed by atoms with Crippen LogP contribution in [0.25, 0.3) is 5.82 Å². The van der Waals surface area contributed by atoms with Gasteiger partial charge in [0.05, 0.1) is 5.69 Å². The molecule has 0 N–H and O–H groups in total. The quantitative estimate of drug-likeness (QED) is 0.648. The Hall–Kier alpha value is -1.64. The summed E-state index contributed by atoms with van der Waals surface area (Å²) >= 11 is 0. The highest BCUT2D eigenvalue weighted by atomic mass is 15.3. The van der Waals surface area contributed by atoms with Crippen LogP contribution in [0.3, 0.4) is 0 Å². The van der Waals surface area contributed by atoms with Crippen molar-refractivity contribution in [1.82, 2.24) is 9.78 Å². The first-order valence-corrected chi connectivity index (χ1v) is 4.01. The molecule has 0 fully saturated rings. The van der Waals surface area contributed by atoms with Gasteiger partial charge < -0.3 is 0 Å². The molecule has 0 spiro atoms. The Labute approximate surface area is 78.1 Å². The fourth-order valence-electron chi connectivity index (χ4n) is 0.803. The zero-order valence-corrected chi connectivity index (χ0v) is 7.99. The molecule has 0 aliphatic carbocycles. The molecule has 0 aliphatic rings. The molecule has 0 unspecified atom stereocenters. The monoisotopic (exact) mass is 175 g/mol. The number of hydrogen-bond acceptors (Lipinski definition) is 2. The van der Waals surface area contributed by atoms with Crippen molar-refractivity contribution in [1.29, 1.82) is 0 Å². The Morgan fingerprint density at radius 1 is 1.62 bits per heavy atom. The van der Waals surface area contributed by atoms with Crippen LogP contribution in [-0.2, 0) is 0 Å². The van der Waals surface area contributed by atoms with Gasteiger partial charge in [-0.3, -0.25) is 0 Å². The van der Waals surface area contributed by atoms with Gasteiger partial charge in [0.15, 0.2) is 0 Å². The number of rotatable bonds is 3. The maximum Gasteiger partial charge on any atom is 0.146 e. The highest BCUT2D eigenvalue weighted by Crippen LogP contribution is 2.02. The lowest BCUT2D eigenvalue weighted by Crippen LogP contribution is -1.94. The largest absolute Gasteiger partial charge is 0.238 e. The molecule has 0 atom stereocenters. The van der Waals surface area contributed by atoms with Crippen LogP contribution >= 0.6 is 0 Å². The summed E-state index contributed by atoms with van der Waals surface area (Å²) in [5.74, 6) is 0.594. The molecule has 3 heteroatoms. The minimum Gasteiger partial charge on any atom is -0.238 e. The molecule has 0 saturated heterocycles. The molecule has 68 valence electrons. The first kappa shape index (κ1) is 9.45. The summed E-state index contributed by atoms with van der Waals surface area (Å²) in [6, 6.07) is 1.90. The Bertz CT molecular complexity index is 358. The Balaban J connectivity index is 2.75. The predicted molar refractivity (Wildman–Crippen MR) is 55.6 cm³/mol. The van der Waals surface area contributed by atoms with Crippen LogP contribution in [0, 0.1) is 6.92 Å². The Kier molecular flexibility index (Phi) is 2.80. The van der Waals surface area contributed by atoms with Crippen molar-refractivity contribution >= 4 is 12.0 Å². The number of aromatic nitrogens is 2. The number of aliphatic imine (C=N–C) groups is 1. The van der Waals surface area contributed by atoms with E-state index in [-0.39, 0.29) is 0 Å². The first-order chi connectivity index (χ1) is 6.09. The van der Waals surface area contributed by atoms with Crippen molar-refractivity contribution in [3.05, 3.63) is 36.7 Å². The van der Waals surface area contributed by atoms with E-state index in [1.165, 1.54) is 0 Å². The van der Waals surface area contributed by atoms with Gasteiger partial charge in [0.1, 0.15) is 5.82 Å². The first-order valence-electron chi connectivity index (χ1n) is 4.01. The third-order valence-corrected chi connectivity index (χ3v) is 1.42. The van der Waals surface area contributed by atoms with Gasteiger partial charge in [-0.1, -0.05) is 13.2 Å². The molecule has 13 heavy (non-hydrogen) atoms. The molecule has 0 aliphatic heterocycles. The van der Waals surface area contributed by atoms with E-state index in [4.69, 9.17) is 0 Å². The van der Waals surface area contributed by atoms with Gasteiger partial charge in [0.2, 0.25) is 0 Å². The lowest BCUT2D eigenvalue weighted by molar-refractivity contribution is 0.872.